The van der Waals surface area contributed by atoms with Crippen LogP contribution in [0.15, 0.2) is 48.5 Å². The molecule has 1 saturated carbocycles. The first-order valence-electron chi connectivity index (χ1n) is 11.1. The number of benzene rings is 2. The van der Waals surface area contributed by atoms with Gasteiger partial charge in [-0.1, -0.05) is 23.7 Å². The average molecular weight is 501 g/mol. The molecule has 3 aromatic rings. The van der Waals surface area contributed by atoms with E-state index in [-0.39, 0.29) is 23.8 Å². The molecule has 34 heavy (non-hydrogen) atoms. The van der Waals surface area contributed by atoms with Crippen molar-refractivity contribution in [2.75, 3.05) is 13.1 Å². The molecule has 1 fully saturated rings. The van der Waals surface area contributed by atoms with Crippen molar-refractivity contribution in [3.63, 3.8) is 0 Å². The minimum atomic E-state index is -0.725. The van der Waals surface area contributed by atoms with Crippen LogP contribution in [0.25, 0.3) is 10.8 Å². The number of carboxylic acids is 1. The van der Waals surface area contributed by atoms with Crippen molar-refractivity contribution < 1.29 is 24.2 Å². The van der Waals surface area contributed by atoms with Gasteiger partial charge in [-0.15, -0.1) is 11.3 Å². The van der Waals surface area contributed by atoms with Gasteiger partial charge in [0.05, 0.1) is 21.2 Å². The summed E-state index contributed by atoms with van der Waals surface area (Å²) in [5, 5.41) is 16.6. The maximum atomic E-state index is 12.5. The Morgan fingerprint density at radius 1 is 0.912 bits per heavy atom. The van der Waals surface area contributed by atoms with E-state index >= 15 is 0 Å². The Morgan fingerprint density at radius 2 is 1.59 bits per heavy atom. The molecule has 0 atom stereocenters. The van der Waals surface area contributed by atoms with Crippen LogP contribution in [0, 0.1) is 5.92 Å². The van der Waals surface area contributed by atoms with Crippen molar-refractivity contribution in [2.24, 2.45) is 5.92 Å². The third-order valence-electron chi connectivity index (χ3n) is 5.89. The standard InChI is InChI=1S/C25H25ClN2O5S/c26-22-10-9-21(34-22)24(30)28-12-11-27-23(29)18-2-1-17-14-20(8-5-16(17)13-18)33-19-6-3-15(4-7-19)25(31)32/h1-2,5,8-10,13-15,19H,3-4,6-7,11-12H2,(H,27,29)(H,28,30)(H,31,32). The lowest BCUT2D eigenvalue weighted by Crippen LogP contribution is -2.34. The van der Waals surface area contributed by atoms with Gasteiger partial charge in [0.25, 0.3) is 11.8 Å². The Morgan fingerprint density at radius 3 is 2.26 bits per heavy atom. The minimum Gasteiger partial charge on any atom is -0.490 e. The molecule has 178 valence electrons. The Labute approximate surface area is 206 Å². The number of hydrogen-bond acceptors (Lipinski definition) is 5. The number of carboxylic acid groups (broad SMARTS) is 1. The third-order valence-corrected chi connectivity index (χ3v) is 7.12. The van der Waals surface area contributed by atoms with Crippen molar-refractivity contribution in [1.29, 1.82) is 0 Å². The molecule has 7 nitrogen and oxygen atoms in total. The van der Waals surface area contributed by atoms with E-state index in [2.05, 4.69) is 10.6 Å². The molecule has 1 aliphatic rings. The maximum Gasteiger partial charge on any atom is 0.306 e. The Balaban J connectivity index is 1.28. The van der Waals surface area contributed by atoms with E-state index in [0.717, 1.165) is 29.4 Å². The van der Waals surface area contributed by atoms with Gasteiger partial charge in [0, 0.05) is 18.7 Å². The molecule has 0 bridgehead atoms. The van der Waals surface area contributed by atoms with E-state index < -0.39 is 5.97 Å². The molecule has 1 aliphatic carbocycles. The summed E-state index contributed by atoms with van der Waals surface area (Å²) in [6.07, 6.45) is 2.76. The lowest BCUT2D eigenvalue weighted by molar-refractivity contribution is -0.143. The van der Waals surface area contributed by atoms with Crippen molar-refractivity contribution in [3.8, 4) is 5.75 Å². The van der Waals surface area contributed by atoms with Crippen LogP contribution in [0.1, 0.15) is 45.7 Å². The first-order chi connectivity index (χ1) is 16.4. The van der Waals surface area contributed by atoms with Crippen LogP contribution in [-0.2, 0) is 4.79 Å². The molecular formula is C25H25ClN2O5S. The third kappa shape index (κ3) is 6.07. The number of rotatable bonds is 8. The van der Waals surface area contributed by atoms with Crippen LogP contribution in [0.3, 0.4) is 0 Å². The van der Waals surface area contributed by atoms with Crippen LogP contribution < -0.4 is 15.4 Å². The number of amides is 2. The van der Waals surface area contributed by atoms with Crippen LogP contribution in [-0.4, -0.2) is 42.1 Å². The number of nitrogens with one attached hydrogen (secondary N) is 2. The summed E-state index contributed by atoms with van der Waals surface area (Å²) in [5.41, 5.74) is 0.532. The van der Waals surface area contributed by atoms with Crippen LogP contribution in [0.4, 0.5) is 0 Å². The van der Waals surface area contributed by atoms with E-state index in [1.165, 1.54) is 11.3 Å². The summed E-state index contributed by atoms with van der Waals surface area (Å²) in [5.74, 6) is -0.684. The molecular weight excluding hydrogens is 476 g/mol. The van der Waals surface area contributed by atoms with Gasteiger partial charge >= 0.3 is 5.97 Å². The van der Waals surface area contributed by atoms with E-state index in [1.807, 2.05) is 30.3 Å². The molecule has 1 heterocycles. The van der Waals surface area contributed by atoms with Gasteiger partial charge in [-0.3, -0.25) is 14.4 Å². The predicted molar refractivity (Wildman–Crippen MR) is 132 cm³/mol. The van der Waals surface area contributed by atoms with Crippen molar-refractivity contribution in [1.82, 2.24) is 10.6 Å². The number of thiophene rings is 1. The molecule has 0 radical (unpaired) electrons. The molecule has 4 rings (SSSR count). The van der Waals surface area contributed by atoms with Crippen LogP contribution >= 0.6 is 22.9 Å². The summed E-state index contributed by atoms with van der Waals surface area (Å²) >= 11 is 7.05. The number of halogens is 1. The summed E-state index contributed by atoms with van der Waals surface area (Å²) in [4.78, 5) is 36.1. The SMILES string of the molecule is O=C(NCCNC(=O)c1ccc(Cl)s1)c1ccc2cc(OC3CCC(C(=O)O)CC3)ccc2c1. The van der Waals surface area contributed by atoms with Gasteiger partial charge < -0.3 is 20.5 Å². The summed E-state index contributed by atoms with van der Waals surface area (Å²) < 4.78 is 6.63. The molecule has 3 N–H and O–H groups in total. The molecule has 2 aromatic carbocycles. The highest BCUT2D eigenvalue weighted by molar-refractivity contribution is 7.18. The molecule has 1 aromatic heterocycles. The monoisotopic (exact) mass is 500 g/mol. The van der Waals surface area contributed by atoms with Gasteiger partial charge in [0.15, 0.2) is 0 Å². The number of ether oxygens (including phenoxy) is 1. The van der Waals surface area contributed by atoms with Crippen molar-refractivity contribution in [2.45, 2.75) is 31.8 Å². The first kappa shape index (κ1) is 24.0. The highest BCUT2D eigenvalue weighted by atomic mass is 35.5. The van der Waals surface area contributed by atoms with E-state index in [9.17, 15) is 14.4 Å². The van der Waals surface area contributed by atoms with Gasteiger partial charge in [0.1, 0.15) is 5.75 Å². The van der Waals surface area contributed by atoms with E-state index in [4.69, 9.17) is 21.4 Å². The molecule has 0 spiro atoms. The lowest BCUT2D eigenvalue weighted by atomic mass is 9.87. The fourth-order valence-electron chi connectivity index (χ4n) is 4.04. The zero-order valence-electron chi connectivity index (χ0n) is 18.4. The fourth-order valence-corrected chi connectivity index (χ4v) is 5.00. The minimum absolute atomic E-state index is 0.0235. The van der Waals surface area contributed by atoms with Crippen LogP contribution in [0.5, 0.6) is 5.75 Å². The van der Waals surface area contributed by atoms with Crippen molar-refractivity contribution >= 4 is 51.5 Å². The lowest BCUT2D eigenvalue weighted by Gasteiger charge is -2.26. The predicted octanol–water partition coefficient (Wildman–Crippen LogP) is 4.74. The normalized spacial score (nSPS) is 17.8. The largest absolute Gasteiger partial charge is 0.490 e. The van der Waals surface area contributed by atoms with Crippen LogP contribution in [0.2, 0.25) is 4.34 Å². The highest BCUT2D eigenvalue weighted by Gasteiger charge is 2.26. The van der Waals surface area contributed by atoms with Gasteiger partial charge in [-0.05, 0) is 72.9 Å². The van der Waals surface area contributed by atoms with E-state index in [1.54, 1.807) is 18.2 Å². The summed E-state index contributed by atoms with van der Waals surface area (Å²) in [6, 6.07) is 14.5. The molecule has 9 heteroatoms. The molecule has 0 unspecified atom stereocenters. The zero-order chi connectivity index (χ0) is 24.1. The van der Waals surface area contributed by atoms with Gasteiger partial charge in [0.2, 0.25) is 0 Å². The molecule has 2 amide bonds. The van der Waals surface area contributed by atoms with Gasteiger partial charge in [-0.25, -0.2) is 0 Å². The van der Waals surface area contributed by atoms with Crippen molar-refractivity contribution in [3.05, 3.63) is 63.3 Å². The smallest absolute Gasteiger partial charge is 0.306 e. The number of hydrogen-bond donors (Lipinski definition) is 3. The average Bonchev–Trinajstić information content (AvgIpc) is 3.28. The number of carbonyl (C=O) groups excluding carboxylic acids is 2. The Kier molecular flexibility index (Phi) is 7.70. The number of fused-ring (bicyclic) bond motifs is 1. The fraction of sp³-hybridized carbons (Fsp3) is 0.320. The Hall–Kier alpha value is -3.10. The summed E-state index contributed by atoms with van der Waals surface area (Å²) in [6.45, 7) is 0.612. The van der Waals surface area contributed by atoms with E-state index in [0.29, 0.717) is 40.7 Å². The quantitative estimate of drug-likeness (QED) is 0.387. The topological polar surface area (TPSA) is 105 Å². The second-order valence-corrected chi connectivity index (χ2v) is 9.98. The second-order valence-electron chi connectivity index (χ2n) is 8.27. The summed E-state index contributed by atoms with van der Waals surface area (Å²) in [7, 11) is 0. The highest BCUT2D eigenvalue weighted by Crippen LogP contribution is 2.29. The number of carbonyl (C=O) groups is 3. The maximum absolute atomic E-state index is 12.5. The Bertz CT molecular complexity index is 1200. The molecule has 0 aliphatic heterocycles. The first-order valence-corrected chi connectivity index (χ1v) is 12.3. The number of aliphatic carboxylic acids is 1. The van der Waals surface area contributed by atoms with Gasteiger partial charge in [-0.2, -0.15) is 0 Å². The molecule has 0 saturated heterocycles. The second kappa shape index (κ2) is 10.9. The zero-order valence-corrected chi connectivity index (χ0v) is 20.0.